The highest BCUT2D eigenvalue weighted by atomic mass is 19.1. The number of aromatic nitrogens is 3. The summed E-state index contributed by atoms with van der Waals surface area (Å²) >= 11 is 0. The van der Waals surface area contributed by atoms with Crippen molar-refractivity contribution >= 4 is 28.8 Å². The van der Waals surface area contributed by atoms with E-state index in [2.05, 4.69) is 20.0 Å². The van der Waals surface area contributed by atoms with E-state index in [-0.39, 0.29) is 11.9 Å². The molecule has 1 aliphatic heterocycles. The zero-order valence-corrected chi connectivity index (χ0v) is 19.8. The van der Waals surface area contributed by atoms with Gasteiger partial charge in [-0.1, -0.05) is 17.3 Å². The molecule has 3 heterocycles. The van der Waals surface area contributed by atoms with Gasteiger partial charge >= 0.3 is 0 Å². The molecule has 5 N–H and O–H groups in total. The molecule has 180 valence electrons. The molecule has 8 nitrogen and oxygen atoms in total. The molecule has 0 atom stereocenters. The number of piperidine rings is 1. The van der Waals surface area contributed by atoms with E-state index in [0.717, 1.165) is 64.9 Å². The van der Waals surface area contributed by atoms with Gasteiger partial charge in [-0.25, -0.2) is 14.4 Å². The van der Waals surface area contributed by atoms with Crippen molar-refractivity contribution in [3.63, 3.8) is 0 Å². The lowest BCUT2D eigenvalue weighted by Gasteiger charge is -2.34. The van der Waals surface area contributed by atoms with E-state index >= 15 is 0 Å². The van der Waals surface area contributed by atoms with Crippen LogP contribution in [0.2, 0.25) is 0 Å². The number of hydrogen-bond acceptors (Lipinski definition) is 7. The maximum atomic E-state index is 14.4. The number of aromatic amines is 1. The first-order chi connectivity index (χ1) is 16.9. The average Bonchev–Trinajstić information content (AvgIpc) is 3.25. The SMILES string of the molecule is CO/N=C/c1ccc2nc(-c3c(N)ncc(-c4cc(C)cc(F)c4)c3N3CCC(N)CC3)[nH]c2c1. The van der Waals surface area contributed by atoms with E-state index in [0.29, 0.717) is 17.2 Å². The van der Waals surface area contributed by atoms with Gasteiger partial charge in [0.05, 0.1) is 28.5 Å². The van der Waals surface area contributed by atoms with Crippen LogP contribution < -0.4 is 16.4 Å². The summed E-state index contributed by atoms with van der Waals surface area (Å²) in [6, 6.07) is 10.9. The summed E-state index contributed by atoms with van der Waals surface area (Å²) in [4.78, 5) is 19.8. The number of imidazole rings is 1. The van der Waals surface area contributed by atoms with E-state index in [4.69, 9.17) is 21.3 Å². The lowest BCUT2D eigenvalue weighted by atomic mass is 9.97. The molecule has 9 heteroatoms. The van der Waals surface area contributed by atoms with Crippen LogP contribution in [0.4, 0.5) is 15.9 Å². The molecular formula is C26H28FN7O. The maximum Gasteiger partial charge on any atom is 0.144 e. The van der Waals surface area contributed by atoms with Gasteiger partial charge in [0.15, 0.2) is 0 Å². The number of nitrogen functional groups attached to an aromatic ring is 1. The molecule has 2 aromatic carbocycles. The number of rotatable bonds is 5. The number of H-pyrrole nitrogens is 1. The van der Waals surface area contributed by atoms with Crippen LogP contribution in [-0.2, 0) is 4.84 Å². The minimum absolute atomic E-state index is 0.159. The summed E-state index contributed by atoms with van der Waals surface area (Å²) in [5, 5.41) is 3.83. The minimum Gasteiger partial charge on any atom is -0.399 e. The molecule has 35 heavy (non-hydrogen) atoms. The molecule has 2 aromatic heterocycles. The fourth-order valence-electron chi connectivity index (χ4n) is 4.64. The Morgan fingerprint density at radius 3 is 2.74 bits per heavy atom. The standard InChI is InChI=1S/C26H28FN7O/c1-15-9-17(12-18(27)10-15)20-14-30-25(29)23(24(20)34-7-5-19(28)6-8-34)26-32-21-4-3-16(13-31-35-2)11-22(21)33-26/h3-4,9-14,19H,5-8,28H2,1-2H3,(H2,29,30)(H,32,33)/b31-13+. The van der Waals surface area contributed by atoms with Crippen molar-refractivity contribution in [1.29, 1.82) is 0 Å². The minimum atomic E-state index is -0.293. The first-order valence-corrected chi connectivity index (χ1v) is 11.6. The van der Waals surface area contributed by atoms with Gasteiger partial charge in [-0.3, -0.25) is 0 Å². The number of nitrogens with one attached hydrogen (secondary N) is 1. The van der Waals surface area contributed by atoms with Gasteiger partial charge < -0.3 is 26.2 Å². The second-order valence-electron chi connectivity index (χ2n) is 8.90. The van der Waals surface area contributed by atoms with E-state index in [1.54, 1.807) is 12.4 Å². The van der Waals surface area contributed by atoms with Crippen molar-refractivity contribution in [3.8, 4) is 22.5 Å². The number of pyridine rings is 1. The van der Waals surface area contributed by atoms with Gasteiger partial charge in [0.25, 0.3) is 0 Å². The predicted octanol–water partition coefficient (Wildman–Crippen LogP) is 4.23. The summed E-state index contributed by atoms with van der Waals surface area (Å²) in [5.74, 6) is 0.664. The van der Waals surface area contributed by atoms with Gasteiger partial charge in [0.2, 0.25) is 0 Å². The van der Waals surface area contributed by atoms with Crippen LogP contribution in [0.25, 0.3) is 33.5 Å². The monoisotopic (exact) mass is 473 g/mol. The molecule has 0 unspecified atom stereocenters. The molecule has 0 saturated carbocycles. The third kappa shape index (κ3) is 4.54. The van der Waals surface area contributed by atoms with E-state index in [9.17, 15) is 4.39 Å². The van der Waals surface area contributed by atoms with E-state index < -0.39 is 0 Å². The Morgan fingerprint density at radius 1 is 1.20 bits per heavy atom. The molecule has 0 spiro atoms. The molecule has 1 aliphatic rings. The summed E-state index contributed by atoms with van der Waals surface area (Å²) < 4.78 is 14.4. The van der Waals surface area contributed by atoms with Crippen LogP contribution in [0.5, 0.6) is 0 Å². The largest absolute Gasteiger partial charge is 0.399 e. The van der Waals surface area contributed by atoms with Crippen molar-refractivity contribution in [2.24, 2.45) is 10.9 Å². The van der Waals surface area contributed by atoms with Gasteiger partial charge in [0, 0.05) is 30.9 Å². The summed E-state index contributed by atoms with van der Waals surface area (Å²) in [5.41, 5.74) is 19.1. The Bertz CT molecular complexity index is 1390. The quantitative estimate of drug-likeness (QED) is 0.295. The Morgan fingerprint density at radius 2 is 2.00 bits per heavy atom. The van der Waals surface area contributed by atoms with E-state index in [1.807, 2.05) is 31.2 Å². The number of benzene rings is 2. The number of oxime groups is 1. The topological polar surface area (TPSA) is 118 Å². The van der Waals surface area contributed by atoms with Crippen molar-refractivity contribution in [1.82, 2.24) is 15.0 Å². The fourth-order valence-corrected chi connectivity index (χ4v) is 4.64. The average molecular weight is 474 g/mol. The smallest absolute Gasteiger partial charge is 0.144 e. The molecule has 0 bridgehead atoms. The zero-order chi connectivity index (χ0) is 24.5. The van der Waals surface area contributed by atoms with Crippen LogP contribution >= 0.6 is 0 Å². The Hall–Kier alpha value is -3.98. The van der Waals surface area contributed by atoms with Crippen molar-refractivity contribution < 1.29 is 9.23 Å². The van der Waals surface area contributed by atoms with Crippen LogP contribution in [0, 0.1) is 12.7 Å². The zero-order valence-electron chi connectivity index (χ0n) is 19.8. The van der Waals surface area contributed by atoms with Crippen molar-refractivity contribution in [2.75, 3.05) is 30.8 Å². The number of anilines is 2. The fraction of sp³-hybridized carbons (Fsp3) is 0.269. The van der Waals surface area contributed by atoms with Gasteiger partial charge in [-0.05, 0) is 60.7 Å². The molecule has 1 fully saturated rings. The highest BCUT2D eigenvalue weighted by Crippen LogP contribution is 2.42. The second kappa shape index (κ2) is 9.34. The van der Waals surface area contributed by atoms with Gasteiger partial charge in [-0.2, -0.15) is 0 Å². The lowest BCUT2D eigenvalue weighted by molar-refractivity contribution is 0.215. The molecule has 1 saturated heterocycles. The van der Waals surface area contributed by atoms with Gasteiger partial charge in [-0.15, -0.1) is 0 Å². The molecule has 5 rings (SSSR count). The number of nitrogens with zero attached hydrogens (tertiary/aromatic N) is 4. The number of aryl methyl sites for hydroxylation is 1. The lowest BCUT2D eigenvalue weighted by Crippen LogP contribution is -2.40. The molecule has 0 aliphatic carbocycles. The van der Waals surface area contributed by atoms with Crippen LogP contribution in [-0.4, -0.2) is 47.4 Å². The number of fused-ring (bicyclic) bond motifs is 1. The third-order valence-electron chi connectivity index (χ3n) is 6.34. The Balaban J connectivity index is 1.71. The Labute approximate surface area is 202 Å². The highest BCUT2D eigenvalue weighted by Gasteiger charge is 2.26. The number of hydrogen-bond donors (Lipinski definition) is 3. The first-order valence-electron chi connectivity index (χ1n) is 11.6. The van der Waals surface area contributed by atoms with Crippen LogP contribution in [0.15, 0.2) is 47.8 Å². The van der Waals surface area contributed by atoms with E-state index in [1.165, 1.54) is 19.2 Å². The van der Waals surface area contributed by atoms with Crippen molar-refractivity contribution in [3.05, 3.63) is 59.5 Å². The third-order valence-corrected chi connectivity index (χ3v) is 6.34. The summed E-state index contributed by atoms with van der Waals surface area (Å²) in [7, 11) is 1.50. The Kier molecular flexibility index (Phi) is 6.08. The van der Waals surface area contributed by atoms with Gasteiger partial charge in [0.1, 0.15) is 24.6 Å². The number of halogens is 1. The first kappa shape index (κ1) is 22.8. The van der Waals surface area contributed by atoms with Crippen molar-refractivity contribution in [2.45, 2.75) is 25.8 Å². The molecular weight excluding hydrogens is 445 g/mol. The summed E-state index contributed by atoms with van der Waals surface area (Å²) in [6.07, 6.45) is 5.06. The molecule has 4 aromatic rings. The summed E-state index contributed by atoms with van der Waals surface area (Å²) in [6.45, 7) is 3.40. The molecule has 0 radical (unpaired) electrons. The maximum absolute atomic E-state index is 14.4. The second-order valence-corrected chi connectivity index (χ2v) is 8.90. The number of nitrogens with two attached hydrogens (primary N) is 2. The molecule has 0 amide bonds. The van der Waals surface area contributed by atoms with Crippen LogP contribution in [0.1, 0.15) is 24.0 Å². The van der Waals surface area contributed by atoms with Crippen LogP contribution in [0.3, 0.4) is 0 Å². The predicted molar refractivity (Wildman–Crippen MR) is 138 cm³/mol. The highest BCUT2D eigenvalue weighted by molar-refractivity contribution is 5.96. The normalized spacial score (nSPS) is 14.8.